The highest BCUT2D eigenvalue weighted by atomic mass is 32.2. The van der Waals surface area contributed by atoms with E-state index in [2.05, 4.69) is 0 Å². The van der Waals surface area contributed by atoms with Crippen molar-refractivity contribution >= 4 is 10.0 Å². The van der Waals surface area contributed by atoms with Gasteiger partial charge >= 0.3 is 0 Å². The molecule has 0 aliphatic carbocycles. The van der Waals surface area contributed by atoms with Crippen molar-refractivity contribution in [3.63, 3.8) is 0 Å². The van der Waals surface area contributed by atoms with E-state index in [1.165, 1.54) is 18.6 Å². The molecule has 0 radical (unpaired) electrons. The number of rotatable bonds is 4. The van der Waals surface area contributed by atoms with Crippen molar-refractivity contribution < 1.29 is 8.42 Å². The zero-order valence-corrected chi connectivity index (χ0v) is 8.95. The summed E-state index contributed by atoms with van der Waals surface area (Å²) < 4.78 is 24.3. The van der Waals surface area contributed by atoms with Gasteiger partial charge in [-0.25, -0.2) is 8.42 Å². The van der Waals surface area contributed by atoms with E-state index in [0.29, 0.717) is 0 Å². The number of nitrogens with two attached hydrogens (primary N) is 1. The molecule has 0 spiro atoms. The summed E-state index contributed by atoms with van der Waals surface area (Å²) in [5, 5.41) is -0.458. The highest BCUT2D eigenvalue weighted by Crippen LogP contribution is 2.09. The average Bonchev–Trinajstić information content (AvgIpc) is 2.03. The van der Waals surface area contributed by atoms with Gasteiger partial charge in [-0.2, -0.15) is 0 Å². The van der Waals surface area contributed by atoms with Crippen LogP contribution < -0.4 is 5.73 Å². The highest BCUT2D eigenvalue weighted by molar-refractivity contribution is 7.89. The summed E-state index contributed by atoms with van der Waals surface area (Å²) in [6.45, 7) is 4.99. The van der Waals surface area contributed by atoms with Crippen molar-refractivity contribution in [2.24, 2.45) is 5.73 Å². The second kappa shape index (κ2) is 4.91. The molecule has 0 aliphatic heterocycles. The van der Waals surface area contributed by atoms with Gasteiger partial charge in [0.15, 0.2) is 0 Å². The molecule has 0 rings (SSSR count). The van der Waals surface area contributed by atoms with Crippen LogP contribution in [0.3, 0.4) is 0 Å². The van der Waals surface area contributed by atoms with Gasteiger partial charge in [0, 0.05) is 18.6 Å². The fourth-order valence-electron chi connectivity index (χ4n) is 0.695. The van der Waals surface area contributed by atoms with Gasteiger partial charge in [0.1, 0.15) is 0 Å². The topological polar surface area (TPSA) is 63.4 Å². The van der Waals surface area contributed by atoms with Crippen molar-refractivity contribution in [2.45, 2.75) is 26.0 Å². The van der Waals surface area contributed by atoms with E-state index >= 15 is 0 Å². The van der Waals surface area contributed by atoms with Gasteiger partial charge in [-0.1, -0.05) is 6.08 Å². The van der Waals surface area contributed by atoms with Gasteiger partial charge in [0.25, 0.3) is 0 Å². The fourth-order valence-corrected chi connectivity index (χ4v) is 1.71. The van der Waals surface area contributed by atoms with E-state index in [4.69, 9.17) is 5.73 Å². The summed E-state index contributed by atoms with van der Waals surface area (Å²) in [4.78, 5) is 0. The lowest BCUT2D eigenvalue weighted by molar-refractivity contribution is 0.542. The molecule has 0 aromatic carbocycles. The minimum absolute atomic E-state index is 0.458. The Morgan fingerprint density at radius 3 is 2.15 bits per heavy atom. The smallest absolute Gasteiger partial charge is 0.240 e. The van der Waals surface area contributed by atoms with Gasteiger partial charge in [-0.05, 0) is 20.8 Å². The molecule has 0 saturated heterocycles. The Morgan fingerprint density at radius 1 is 1.31 bits per heavy atom. The predicted molar refractivity (Wildman–Crippen MR) is 54.0 cm³/mol. The van der Waals surface area contributed by atoms with Crippen molar-refractivity contribution in [1.29, 1.82) is 0 Å². The lowest BCUT2D eigenvalue weighted by Gasteiger charge is -2.18. The first-order valence-corrected chi connectivity index (χ1v) is 5.50. The Hall–Kier alpha value is -0.970. The fraction of sp³-hybridized carbons (Fsp3) is 0.500. The first kappa shape index (κ1) is 12.0. The highest BCUT2D eigenvalue weighted by Gasteiger charge is 2.20. The largest absolute Gasteiger partial charge is 0.403 e. The molecule has 5 heteroatoms. The van der Waals surface area contributed by atoms with Crippen LogP contribution in [0.15, 0.2) is 24.7 Å². The Balaban J connectivity index is 4.95. The van der Waals surface area contributed by atoms with Gasteiger partial charge in [-0.3, -0.25) is 4.31 Å². The molecule has 0 unspecified atom stereocenters. The first-order valence-electron chi connectivity index (χ1n) is 4.00. The predicted octanol–water partition coefficient (Wildman–Crippen LogP) is 0.990. The Labute approximate surface area is 79.8 Å². The monoisotopic (exact) mass is 204 g/mol. The van der Waals surface area contributed by atoms with Crippen molar-refractivity contribution in [3.05, 3.63) is 24.7 Å². The van der Waals surface area contributed by atoms with Crippen LogP contribution in [-0.2, 0) is 10.0 Å². The zero-order chi connectivity index (χ0) is 10.5. The molecule has 0 atom stereocenters. The molecule has 4 nitrogen and oxygen atoms in total. The Morgan fingerprint density at radius 2 is 1.85 bits per heavy atom. The van der Waals surface area contributed by atoms with E-state index < -0.39 is 15.3 Å². The van der Waals surface area contributed by atoms with E-state index in [-0.39, 0.29) is 0 Å². The normalized spacial score (nSPS) is 13.2. The maximum Gasteiger partial charge on any atom is 0.240 e. The van der Waals surface area contributed by atoms with Crippen LogP contribution in [0.2, 0.25) is 0 Å². The van der Waals surface area contributed by atoms with E-state index in [1.807, 2.05) is 0 Å². The summed E-state index contributed by atoms with van der Waals surface area (Å²) in [6.07, 6.45) is 5.61. The minimum Gasteiger partial charge on any atom is -0.403 e. The molecule has 0 saturated carbocycles. The summed E-state index contributed by atoms with van der Waals surface area (Å²) in [6, 6.07) is 0. The van der Waals surface area contributed by atoms with E-state index in [9.17, 15) is 8.42 Å². The lowest BCUT2D eigenvalue weighted by Crippen LogP contribution is -2.28. The van der Waals surface area contributed by atoms with Crippen LogP contribution in [0.25, 0.3) is 0 Å². The Kier molecular flexibility index (Phi) is 4.55. The summed E-state index contributed by atoms with van der Waals surface area (Å²) in [5.41, 5.74) is 5.14. The number of allylic oxidation sites excluding steroid dienone is 1. The zero-order valence-electron chi connectivity index (χ0n) is 8.14. The van der Waals surface area contributed by atoms with Crippen LogP contribution in [-0.4, -0.2) is 18.0 Å². The summed E-state index contributed by atoms with van der Waals surface area (Å²) in [7, 11) is -3.28. The van der Waals surface area contributed by atoms with Crippen LogP contribution >= 0.6 is 0 Å². The molecular formula is C8H16N2O2S. The number of nitrogens with zero attached hydrogens (tertiary/aromatic N) is 1. The van der Waals surface area contributed by atoms with Crippen LogP contribution in [0.4, 0.5) is 0 Å². The summed E-state index contributed by atoms with van der Waals surface area (Å²) in [5.74, 6) is 0. The molecule has 76 valence electrons. The second-order valence-electron chi connectivity index (χ2n) is 2.75. The van der Waals surface area contributed by atoms with Crippen LogP contribution in [0, 0.1) is 0 Å². The molecule has 0 fully saturated rings. The van der Waals surface area contributed by atoms with E-state index in [1.54, 1.807) is 26.8 Å². The van der Waals surface area contributed by atoms with Gasteiger partial charge in [0.05, 0.1) is 5.25 Å². The van der Waals surface area contributed by atoms with Crippen LogP contribution in [0.5, 0.6) is 0 Å². The van der Waals surface area contributed by atoms with Crippen LogP contribution in [0.1, 0.15) is 20.8 Å². The molecule has 0 amide bonds. The third-order valence-electron chi connectivity index (χ3n) is 1.42. The third-order valence-corrected chi connectivity index (χ3v) is 3.44. The minimum atomic E-state index is -3.28. The SMILES string of the molecule is C/C=C\N(/C=C\N)S(=O)(=O)C(C)C. The number of sulfonamides is 1. The molecule has 0 aromatic rings. The van der Waals surface area contributed by atoms with Crippen molar-refractivity contribution in [1.82, 2.24) is 4.31 Å². The van der Waals surface area contributed by atoms with Gasteiger partial charge in [-0.15, -0.1) is 0 Å². The molecule has 13 heavy (non-hydrogen) atoms. The quantitative estimate of drug-likeness (QED) is 0.742. The third kappa shape index (κ3) is 3.10. The lowest BCUT2D eigenvalue weighted by atomic mass is 10.6. The summed E-state index contributed by atoms with van der Waals surface area (Å²) >= 11 is 0. The molecular weight excluding hydrogens is 188 g/mol. The molecule has 0 aromatic heterocycles. The van der Waals surface area contributed by atoms with Crippen molar-refractivity contribution in [2.75, 3.05) is 0 Å². The van der Waals surface area contributed by atoms with Gasteiger partial charge in [0.2, 0.25) is 10.0 Å². The molecule has 0 aliphatic rings. The second-order valence-corrected chi connectivity index (χ2v) is 5.14. The number of hydrogen-bond donors (Lipinski definition) is 1. The van der Waals surface area contributed by atoms with Crippen molar-refractivity contribution in [3.8, 4) is 0 Å². The maximum absolute atomic E-state index is 11.6. The van der Waals surface area contributed by atoms with Gasteiger partial charge < -0.3 is 5.73 Å². The maximum atomic E-state index is 11.6. The molecule has 0 bridgehead atoms. The number of hydrogen-bond acceptors (Lipinski definition) is 3. The van der Waals surface area contributed by atoms with E-state index in [0.717, 1.165) is 4.31 Å². The standard InChI is InChI=1S/C8H16N2O2S/c1-4-6-10(7-5-9)13(11,12)8(2)3/h4-8H,9H2,1-3H3/b6-4-,7-5-. The molecule has 0 heterocycles. The first-order chi connectivity index (χ1) is 5.96. The average molecular weight is 204 g/mol. The Bertz CT molecular complexity index is 279. The molecule has 2 N–H and O–H groups in total.